The highest BCUT2D eigenvalue weighted by Crippen LogP contribution is 2.42. The van der Waals surface area contributed by atoms with Crippen molar-refractivity contribution in [2.45, 2.75) is 56.7 Å². The van der Waals surface area contributed by atoms with Gasteiger partial charge in [0.2, 0.25) is 0 Å². The van der Waals surface area contributed by atoms with Crippen molar-refractivity contribution >= 4 is 12.0 Å². The van der Waals surface area contributed by atoms with Gasteiger partial charge >= 0.3 is 12.0 Å². The minimum atomic E-state index is -0.781. The Morgan fingerprint density at radius 1 is 1.20 bits per heavy atom. The van der Waals surface area contributed by atoms with Gasteiger partial charge in [-0.1, -0.05) is 0 Å². The molecule has 0 aromatic rings. The van der Waals surface area contributed by atoms with Gasteiger partial charge in [0.25, 0.3) is 0 Å². The number of aliphatic hydroxyl groups is 1. The Kier molecular flexibility index (Phi) is 3.16. The largest absolute Gasteiger partial charge is 0.481 e. The zero-order valence-corrected chi connectivity index (χ0v) is 11.8. The SMILES string of the molecule is CC1(O)CCN(C(=O)N2C3CCC2C(C(=O)O)C3)CC1. The highest BCUT2D eigenvalue weighted by atomic mass is 16.4. The van der Waals surface area contributed by atoms with Gasteiger partial charge in [-0.05, 0) is 39.0 Å². The molecular weight excluding hydrogens is 260 g/mol. The lowest BCUT2D eigenvalue weighted by Crippen LogP contribution is -2.52. The lowest BCUT2D eigenvalue weighted by atomic mass is 9.89. The molecule has 0 radical (unpaired) electrons. The normalized spacial score (nSPS) is 35.4. The van der Waals surface area contributed by atoms with Gasteiger partial charge in [-0.2, -0.15) is 0 Å². The van der Waals surface area contributed by atoms with Crippen LogP contribution in [-0.4, -0.2) is 62.8 Å². The first-order valence-corrected chi connectivity index (χ1v) is 7.41. The van der Waals surface area contributed by atoms with Gasteiger partial charge in [-0.3, -0.25) is 4.79 Å². The van der Waals surface area contributed by atoms with Crippen LogP contribution in [0.1, 0.15) is 39.0 Å². The molecule has 3 saturated heterocycles. The van der Waals surface area contributed by atoms with E-state index in [1.807, 2.05) is 0 Å². The van der Waals surface area contributed by atoms with Crippen LogP contribution >= 0.6 is 0 Å². The smallest absolute Gasteiger partial charge is 0.320 e. The minimum Gasteiger partial charge on any atom is -0.481 e. The molecule has 0 aliphatic carbocycles. The second-order valence-electron chi connectivity index (χ2n) is 6.65. The average molecular weight is 282 g/mol. The molecule has 6 nitrogen and oxygen atoms in total. The molecule has 2 N–H and O–H groups in total. The maximum atomic E-state index is 12.6. The van der Waals surface area contributed by atoms with Gasteiger partial charge < -0.3 is 20.0 Å². The van der Waals surface area contributed by atoms with Crippen molar-refractivity contribution in [2.75, 3.05) is 13.1 Å². The number of fused-ring (bicyclic) bond motifs is 2. The van der Waals surface area contributed by atoms with Gasteiger partial charge in [0, 0.05) is 25.2 Å². The highest BCUT2D eigenvalue weighted by Gasteiger charge is 2.52. The third-order valence-corrected chi connectivity index (χ3v) is 5.19. The topological polar surface area (TPSA) is 81.1 Å². The van der Waals surface area contributed by atoms with Crippen LogP contribution in [0, 0.1) is 5.92 Å². The molecule has 112 valence electrons. The molecule has 2 amide bonds. The molecule has 3 fully saturated rings. The monoisotopic (exact) mass is 282 g/mol. The number of carboxylic acid groups (broad SMARTS) is 1. The van der Waals surface area contributed by atoms with E-state index in [9.17, 15) is 19.8 Å². The fourth-order valence-electron chi connectivity index (χ4n) is 3.90. The highest BCUT2D eigenvalue weighted by molar-refractivity contribution is 5.79. The van der Waals surface area contributed by atoms with Crippen LogP contribution in [0.2, 0.25) is 0 Å². The third kappa shape index (κ3) is 2.16. The maximum Gasteiger partial charge on any atom is 0.320 e. The summed E-state index contributed by atoms with van der Waals surface area (Å²) in [5, 5.41) is 19.2. The quantitative estimate of drug-likeness (QED) is 0.748. The number of carbonyl (C=O) groups excluding carboxylic acids is 1. The summed E-state index contributed by atoms with van der Waals surface area (Å²) >= 11 is 0. The number of hydrogen-bond donors (Lipinski definition) is 2. The van der Waals surface area contributed by atoms with E-state index in [0.29, 0.717) is 32.4 Å². The van der Waals surface area contributed by atoms with E-state index < -0.39 is 17.5 Å². The van der Waals surface area contributed by atoms with Crippen LogP contribution in [0.15, 0.2) is 0 Å². The first-order chi connectivity index (χ1) is 9.39. The number of piperidine rings is 1. The first kappa shape index (κ1) is 13.7. The molecule has 3 rings (SSSR count). The maximum absolute atomic E-state index is 12.6. The molecule has 3 heterocycles. The summed E-state index contributed by atoms with van der Waals surface area (Å²) in [6, 6.07) is -0.0692. The molecular formula is C14H22N2O4. The van der Waals surface area contributed by atoms with Crippen molar-refractivity contribution in [3.05, 3.63) is 0 Å². The number of likely N-dealkylation sites (tertiary alicyclic amines) is 1. The molecule has 0 aromatic heterocycles. The summed E-state index contributed by atoms with van der Waals surface area (Å²) in [6.45, 7) is 2.91. The molecule has 0 aromatic carbocycles. The van der Waals surface area contributed by atoms with E-state index in [-0.39, 0.29) is 18.1 Å². The standard InChI is InChI=1S/C14H22N2O4/c1-14(20)4-6-15(7-5-14)13(19)16-9-2-3-11(16)10(8-9)12(17)18/h9-11,20H,2-8H2,1H3,(H,17,18). The Balaban J connectivity index is 1.68. The van der Waals surface area contributed by atoms with Crippen LogP contribution in [-0.2, 0) is 4.79 Å². The number of aliphatic carboxylic acids is 1. The van der Waals surface area contributed by atoms with Crippen molar-refractivity contribution in [2.24, 2.45) is 5.92 Å². The second-order valence-corrected chi connectivity index (χ2v) is 6.65. The number of amides is 2. The Morgan fingerprint density at radius 3 is 2.40 bits per heavy atom. The van der Waals surface area contributed by atoms with Gasteiger partial charge in [0.1, 0.15) is 0 Å². The van der Waals surface area contributed by atoms with Crippen LogP contribution in [0.3, 0.4) is 0 Å². The van der Waals surface area contributed by atoms with Gasteiger partial charge in [0.05, 0.1) is 11.5 Å². The fourth-order valence-corrected chi connectivity index (χ4v) is 3.90. The predicted octanol–water partition coefficient (Wildman–Crippen LogP) is 0.891. The summed E-state index contributed by atoms with van der Waals surface area (Å²) < 4.78 is 0. The van der Waals surface area contributed by atoms with Crippen LogP contribution in [0.4, 0.5) is 4.79 Å². The summed E-state index contributed by atoms with van der Waals surface area (Å²) in [4.78, 5) is 27.4. The summed E-state index contributed by atoms with van der Waals surface area (Å²) in [6.07, 6.45) is 3.50. The predicted molar refractivity (Wildman–Crippen MR) is 71.2 cm³/mol. The summed E-state index contributed by atoms with van der Waals surface area (Å²) in [7, 11) is 0. The molecule has 3 aliphatic rings. The minimum absolute atomic E-state index is 0.0308. The fraction of sp³-hybridized carbons (Fsp3) is 0.857. The summed E-state index contributed by atoms with van der Waals surface area (Å²) in [5.41, 5.74) is -0.676. The Labute approximate surface area is 118 Å². The number of urea groups is 1. The van der Waals surface area contributed by atoms with Gasteiger partial charge in [-0.25, -0.2) is 4.79 Å². The van der Waals surface area contributed by atoms with E-state index in [0.717, 1.165) is 12.8 Å². The third-order valence-electron chi connectivity index (χ3n) is 5.19. The molecule has 6 heteroatoms. The lowest BCUT2D eigenvalue weighted by Gasteiger charge is -2.38. The lowest BCUT2D eigenvalue weighted by molar-refractivity contribution is -0.142. The van der Waals surface area contributed by atoms with E-state index in [1.165, 1.54) is 0 Å². The zero-order valence-electron chi connectivity index (χ0n) is 11.8. The Morgan fingerprint density at radius 2 is 1.85 bits per heavy atom. The zero-order chi connectivity index (χ0) is 14.5. The molecule has 0 saturated carbocycles. The van der Waals surface area contributed by atoms with Crippen LogP contribution in [0.25, 0.3) is 0 Å². The van der Waals surface area contributed by atoms with Gasteiger partial charge in [0.15, 0.2) is 0 Å². The first-order valence-electron chi connectivity index (χ1n) is 7.41. The van der Waals surface area contributed by atoms with E-state index in [2.05, 4.69) is 0 Å². The van der Waals surface area contributed by atoms with E-state index in [1.54, 1.807) is 16.7 Å². The molecule has 3 atom stereocenters. The van der Waals surface area contributed by atoms with Crippen molar-refractivity contribution in [1.29, 1.82) is 0 Å². The van der Waals surface area contributed by atoms with Crippen molar-refractivity contribution in [3.8, 4) is 0 Å². The summed E-state index contributed by atoms with van der Waals surface area (Å²) in [5.74, 6) is -1.18. The molecule has 2 bridgehead atoms. The van der Waals surface area contributed by atoms with Gasteiger partial charge in [-0.15, -0.1) is 0 Å². The van der Waals surface area contributed by atoms with Crippen LogP contribution < -0.4 is 0 Å². The molecule has 20 heavy (non-hydrogen) atoms. The van der Waals surface area contributed by atoms with Crippen LogP contribution in [0.5, 0.6) is 0 Å². The number of nitrogens with zero attached hydrogens (tertiary/aromatic N) is 2. The number of carboxylic acids is 1. The van der Waals surface area contributed by atoms with Crippen molar-refractivity contribution in [1.82, 2.24) is 9.80 Å². The number of carbonyl (C=O) groups is 2. The molecule has 3 unspecified atom stereocenters. The second kappa shape index (κ2) is 4.62. The molecule has 0 spiro atoms. The Bertz CT molecular complexity index is 427. The van der Waals surface area contributed by atoms with Crippen molar-refractivity contribution in [3.63, 3.8) is 0 Å². The Hall–Kier alpha value is -1.30. The van der Waals surface area contributed by atoms with E-state index >= 15 is 0 Å². The number of rotatable bonds is 1. The van der Waals surface area contributed by atoms with E-state index in [4.69, 9.17) is 0 Å². The molecule has 3 aliphatic heterocycles. The number of hydrogen-bond acceptors (Lipinski definition) is 3. The van der Waals surface area contributed by atoms with Crippen molar-refractivity contribution < 1.29 is 19.8 Å². The average Bonchev–Trinajstić information content (AvgIpc) is 2.95.